The molecule has 3 unspecified atom stereocenters. The maximum absolute atomic E-state index is 12.3. The first kappa shape index (κ1) is 28.4. The number of benzene rings is 3. The molecule has 0 aromatic heterocycles. The monoisotopic (exact) mass is 520 g/mol. The Bertz CT molecular complexity index is 1050. The highest BCUT2D eigenvalue weighted by atomic mass is 16.7. The van der Waals surface area contributed by atoms with Crippen molar-refractivity contribution in [2.75, 3.05) is 13.7 Å². The minimum absolute atomic E-state index is 0.200. The van der Waals surface area contributed by atoms with E-state index in [1.165, 1.54) is 0 Å². The van der Waals surface area contributed by atoms with Crippen LogP contribution < -0.4 is 0 Å². The summed E-state index contributed by atoms with van der Waals surface area (Å²) in [4.78, 5) is 0. The van der Waals surface area contributed by atoms with Gasteiger partial charge in [0.15, 0.2) is 6.29 Å². The first-order valence-electron chi connectivity index (χ1n) is 13.5. The third kappa shape index (κ3) is 7.50. The van der Waals surface area contributed by atoms with Crippen LogP contribution in [-0.4, -0.2) is 49.0 Å². The molecule has 38 heavy (non-hydrogen) atoms. The zero-order chi connectivity index (χ0) is 26.6. The van der Waals surface area contributed by atoms with Gasteiger partial charge in [-0.05, 0) is 23.1 Å². The molecule has 0 spiro atoms. The van der Waals surface area contributed by atoms with Crippen LogP contribution in [0, 0.1) is 0 Å². The summed E-state index contributed by atoms with van der Waals surface area (Å²) in [5.74, 6) is 0. The molecule has 3 aromatic carbocycles. The zero-order valence-corrected chi connectivity index (χ0v) is 22.4. The van der Waals surface area contributed by atoms with E-state index in [0.717, 1.165) is 29.5 Å². The van der Waals surface area contributed by atoms with E-state index in [1.807, 2.05) is 91.0 Å². The Labute approximate surface area is 226 Å². The molecule has 3 aromatic rings. The van der Waals surface area contributed by atoms with Gasteiger partial charge in [-0.3, -0.25) is 0 Å². The fraction of sp³-hybridized carbons (Fsp3) is 0.438. The standard InChI is InChI=1S/C32H40O6/c1-3-4-20-32(33)28(24-35-21-25-14-8-5-9-15-25)38-31(34-2)29(36-22-26-16-10-6-11-17-26)30(32)37-23-27-18-12-7-13-19-27/h5-19,28-31,33H,3-4,20-24H2,1-2H3/t28?,29?,30?,31-,32+/m0/s1. The summed E-state index contributed by atoms with van der Waals surface area (Å²) in [6.07, 6.45) is -0.494. The molecule has 0 aliphatic carbocycles. The maximum Gasteiger partial charge on any atom is 0.186 e. The van der Waals surface area contributed by atoms with Gasteiger partial charge >= 0.3 is 0 Å². The van der Waals surface area contributed by atoms with Crippen molar-refractivity contribution < 1.29 is 28.8 Å². The zero-order valence-electron chi connectivity index (χ0n) is 22.4. The Hall–Kier alpha value is -2.58. The van der Waals surface area contributed by atoms with E-state index < -0.39 is 30.2 Å². The highest BCUT2D eigenvalue weighted by Crippen LogP contribution is 2.38. The molecule has 0 bridgehead atoms. The van der Waals surface area contributed by atoms with Gasteiger partial charge in [-0.25, -0.2) is 0 Å². The summed E-state index contributed by atoms with van der Waals surface area (Å²) in [5, 5.41) is 12.3. The molecule has 1 aliphatic heterocycles. The highest BCUT2D eigenvalue weighted by molar-refractivity contribution is 5.16. The topological polar surface area (TPSA) is 66.4 Å². The molecule has 1 heterocycles. The second-order valence-corrected chi connectivity index (χ2v) is 9.80. The summed E-state index contributed by atoms with van der Waals surface area (Å²) in [6, 6.07) is 29.9. The quantitative estimate of drug-likeness (QED) is 0.296. The molecule has 1 N–H and O–H groups in total. The van der Waals surface area contributed by atoms with Gasteiger partial charge in [0.1, 0.15) is 23.9 Å². The molecule has 1 aliphatic rings. The number of methoxy groups -OCH3 is 1. The van der Waals surface area contributed by atoms with Crippen molar-refractivity contribution >= 4 is 0 Å². The van der Waals surface area contributed by atoms with Gasteiger partial charge in [-0.15, -0.1) is 0 Å². The largest absolute Gasteiger partial charge is 0.384 e. The van der Waals surface area contributed by atoms with Crippen molar-refractivity contribution in [3.8, 4) is 0 Å². The summed E-state index contributed by atoms with van der Waals surface area (Å²) in [5.41, 5.74) is 1.77. The minimum atomic E-state index is -1.34. The molecule has 0 saturated carbocycles. The Morgan fingerprint density at radius 1 is 0.763 bits per heavy atom. The van der Waals surface area contributed by atoms with Crippen LogP contribution in [0.2, 0.25) is 0 Å². The van der Waals surface area contributed by atoms with Crippen molar-refractivity contribution in [2.24, 2.45) is 0 Å². The van der Waals surface area contributed by atoms with E-state index in [0.29, 0.717) is 26.2 Å². The van der Waals surface area contributed by atoms with E-state index in [4.69, 9.17) is 23.7 Å². The third-order valence-electron chi connectivity index (χ3n) is 7.02. The Kier molecular flexibility index (Phi) is 10.9. The molecule has 6 heteroatoms. The summed E-state index contributed by atoms with van der Waals surface area (Å²) < 4.78 is 31.1. The second-order valence-electron chi connectivity index (χ2n) is 9.80. The molecular weight excluding hydrogens is 480 g/mol. The highest BCUT2D eigenvalue weighted by Gasteiger charge is 2.56. The lowest BCUT2D eigenvalue weighted by molar-refractivity contribution is -0.347. The minimum Gasteiger partial charge on any atom is -0.384 e. The fourth-order valence-electron chi connectivity index (χ4n) is 4.89. The van der Waals surface area contributed by atoms with Gasteiger partial charge in [-0.1, -0.05) is 111 Å². The molecule has 1 saturated heterocycles. The van der Waals surface area contributed by atoms with Gasteiger partial charge in [0.25, 0.3) is 0 Å². The summed E-state index contributed by atoms with van der Waals surface area (Å²) >= 11 is 0. The number of hydrogen-bond donors (Lipinski definition) is 1. The number of ether oxygens (including phenoxy) is 5. The van der Waals surface area contributed by atoms with E-state index in [9.17, 15) is 5.11 Å². The van der Waals surface area contributed by atoms with Crippen LogP contribution in [-0.2, 0) is 43.5 Å². The number of unbranched alkanes of at least 4 members (excludes halogenated alkanes) is 1. The normalized spacial score (nSPS) is 25.3. The van der Waals surface area contributed by atoms with E-state index >= 15 is 0 Å². The first-order chi connectivity index (χ1) is 18.6. The molecular formula is C32H40O6. The van der Waals surface area contributed by atoms with Crippen LogP contribution >= 0.6 is 0 Å². The molecule has 5 atom stereocenters. The smallest absolute Gasteiger partial charge is 0.186 e. The molecule has 1 fully saturated rings. The molecule has 204 valence electrons. The van der Waals surface area contributed by atoms with Gasteiger partial charge in [0, 0.05) is 7.11 Å². The van der Waals surface area contributed by atoms with Crippen molar-refractivity contribution in [3.63, 3.8) is 0 Å². The average molecular weight is 521 g/mol. The van der Waals surface area contributed by atoms with Crippen LogP contribution in [0.25, 0.3) is 0 Å². The average Bonchev–Trinajstić information content (AvgIpc) is 2.97. The Morgan fingerprint density at radius 2 is 1.29 bits per heavy atom. The third-order valence-corrected chi connectivity index (χ3v) is 7.02. The van der Waals surface area contributed by atoms with Crippen LogP contribution in [0.15, 0.2) is 91.0 Å². The number of rotatable bonds is 14. The summed E-state index contributed by atoms with van der Waals surface area (Å²) in [6.45, 7) is 3.41. The van der Waals surface area contributed by atoms with Crippen LogP contribution in [0.1, 0.15) is 42.9 Å². The SMILES string of the molecule is CCCC[C@@]1(O)C(COCc2ccccc2)O[C@H](OC)C(OCc2ccccc2)C1OCc1ccccc1. The van der Waals surface area contributed by atoms with Gasteiger partial charge < -0.3 is 28.8 Å². The predicted octanol–water partition coefficient (Wildman–Crippen LogP) is 5.67. The van der Waals surface area contributed by atoms with Crippen molar-refractivity contribution in [2.45, 2.75) is 76.2 Å². The van der Waals surface area contributed by atoms with Gasteiger partial charge in [0.2, 0.25) is 0 Å². The Morgan fingerprint density at radius 3 is 1.82 bits per heavy atom. The van der Waals surface area contributed by atoms with Crippen LogP contribution in [0.5, 0.6) is 0 Å². The van der Waals surface area contributed by atoms with E-state index in [1.54, 1.807) is 7.11 Å². The van der Waals surface area contributed by atoms with E-state index in [-0.39, 0.29) is 6.61 Å². The van der Waals surface area contributed by atoms with Crippen LogP contribution in [0.4, 0.5) is 0 Å². The summed E-state index contributed by atoms with van der Waals surface area (Å²) in [7, 11) is 1.59. The van der Waals surface area contributed by atoms with Crippen LogP contribution in [0.3, 0.4) is 0 Å². The van der Waals surface area contributed by atoms with Crippen molar-refractivity contribution in [1.82, 2.24) is 0 Å². The van der Waals surface area contributed by atoms with Crippen molar-refractivity contribution in [3.05, 3.63) is 108 Å². The second kappa shape index (κ2) is 14.5. The fourth-order valence-corrected chi connectivity index (χ4v) is 4.89. The van der Waals surface area contributed by atoms with E-state index in [2.05, 4.69) is 6.92 Å². The molecule has 0 amide bonds. The maximum atomic E-state index is 12.3. The van der Waals surface area contributed by atoms with Crippen molar-refractivity contribution in [1.29, 1.82) is 0 Å². The molecule has 6 nitrogen and oxygen atoms in total. The molecule has 4 rings (SSSR count). The van der Waals surface area contributed by atoms with Gasteiger partial charge in [-0.2, -0.15) is 0 Å². The van der Waals surface area contributed by atoms with Gasteiger partial charge in [0.05, 0.1) is 26.4 Å². The number of hydrogen-bond acceptors (Lipinski definition) is 6. The predicted molar refractivity (Wildman–Crippen MR) is 146 cm³/mol. The molecule has 0 radical (unpaired) electrons. The number of aliphatic hydroxyl groups is 1. The lowest BCUT2D eigenvalue weighted by Crippen LogP contribution is -2.68. The lowest BCUT2D eigenvalue weighted by atomic mass is 9.80. The Balaban J connectivity index is 1.58. The lowest BCUT2D eigenvalue weighted by Gasteiger charge is -2.51. The first-order valence-corrected chi connectivity index (χ1v) is 13.5.